The molecule has 0 aromatic carbocycles. The van der Waals surface area contributed by atoms with Crippen LogP contribution in [0.1, 0.15) is 59.7 Å². The fraction of sp³-hybridized carbons (Fsp3) is 0.500. The number of ketones is 1. The number of aromatic amines is 1. The first-order chi connectivity index (χ1) is 12.8. The summed E-state index contributed by atoms with van der Waals surface area (Å²) in [4.78, 5) is 63.1. The summed E-state index contributed by atoms with van der Waals surface area (Å²) in [5.41, 5.74) is -1.57. The molecule has 1 aromatic heterocycles. The molecular formula is C18H23NO8. The van der Waals surface area contributed by atoms with Crippen LogP contribution in [0.2, 0.25) is 0 Å². The summed E-state index contributed by atoms with van der Waals surface area (Å²) in [6.45, 7) is 6.13. The average molecular weight is 381 g/mol. The fourth-order valence-corrected chi connectivity index (χ4v) is 2.55. The van der Waals surface area contributed by atoms with Gasteiger partial charge in [0.15, 0.2) is 5.78 Å². The molecule has 0 radical (unpaired) electrons. The third-order valence-electron chi connectivity index (χ3n) is 3.48. The predicted molar refractivity (Wildman–Crippen MR) is 93.7 cm³/mol. The van der Waals surface area contributed by atoms with Crippen LogP contribution in [-0.2, 0) is 36.6 Å². The van der Waals surface area contributed by atoms with Gasteiger partial charge >= 0.3 is 17.9 Å². The maximum absolute atomic E-state index is 12.5. The van der Waals surface area contributed by atoms with Gasteiger partial charge in [-0.05, 0) is 33.3 Å². The third kappa shape index (κ3) is 5.77. The molecule has 0 atom stereocenters. The SMILES string of the molecule is CCOC(=O)Cc1[nH]c(=O)c(C(C)=O)c(CC(=O)OCC)c1C(=O)OCC. The van der Waals surface area contributed by atoms with Gasteiger partial charge in [-0.3, -0.25) is 19.2 Å². The van der Waals surface area contributed by atoms with Crippen molar-refractivity contribution in [3.63, 3.8) is 0 Å². The van der Waals surface area contributed by atoms with Crippen LogP contribution < -0.4 is 5.56 Å². The van der Waals surface area contributed by atoms with Crippen molar-refractivity contribution >= 4 is 23.7 Å². The number of carbonyl (C=O) groups is 4. The molecule has 0 amide bonds. The molecule has 0 fully saturated rings. The number of nitrogens with one attached hydrogen (secondary N) is 1. The molecule has 0 aliphatic carbocycles. The van der Waals surface area contributed by atoms with Crippen molar-refractivity contribution in [2.45, 2.75) is 40.5 Å². The molecule has 0 unspecified atom stereocenters. The van der Waals surface area contributed by atoms with E-state index < -0.39 is 42.1 Å². The van der Waals surface area contributed by atoms with Gasteiger partial charge in [0.05, 0.1) is 43.8 Å². The first kappa shape index (κ1) is 22.1. The number of H-pyrrole nitrogens is 1. The third-order valence-corrected chi connectivity index (χ3v) is 3.48. The quantitative estimate of drug-likeness (QED) is 0.380. The first-order valence-corrected chi connectivity index (χ1v) is 8.53. The molecule has 27 heavy (non-hydrogen) atoms. The summed E-state index contributed by atoms with van der Waals surface area (Å²) < 4.78 is 14.7. The van der Waals surface area contributed by atoms with Gasteiger partial charge in [0.25, 0.3) is 5.56 Å². The molecule has 0 aliphatic rings. The van der Waals surface area contributed by atoms with Crippen molar-refractivity contribution in [1.82, 2.24) is 4.98 Å². The van der Waals surface area contributed by atoms with E-state index in [-0.39, 0.29) is 42.2 Å². The summed E-state index contributed by atoms with van der Waals surface area (Å²) in [5.74, 6) is -2.91. The number of hydrogen-bond donors (Lipinski definition) is 1. The van der Waals surface area contributed by atoms with Gasteiger partial charge in [0, 0.05) is 5.69 Å². The Morgan fingerprint density at radius 2 is 1.33 bits per heavy atom. The number of pyridine rings is 1. The second-order valence-electron chi connectivity index (χ2n) is 5.40. The highest BCUT2D eigenvalue weighted by atomic mass is 16.5. The smallest absolute Gasteiger partial charge is 0.340 e. The number of ether oxygens (including phenoxy) is 3. The highest BCUT2D eigenvalue weighted by Gasteiger charge is 2.28. The van der Waals surface area contributed by atoms with Crippen LogP contribution in [0, 0.1) is 0 Å². The molecule has 1 aromatic rings. The molecule has 0 bridgehead atoms. The Labute approximate surface area is 156 Å². The van der Waals surface area contributed by atoms with Crippen LogP contribution >= 0.6 is 0 Å². The van der Waals surface area contributed by atoms with E-state index in [4.69, 9.17) is 14.2 Å². The van der Waals surface area contributed by atoms with Crippen LogP contribution in [0.4, 0.5) is 0 Å². The van der Waals surface area contributed by atoms with E-state index in [1.165, 1.54) is 0 Å². The van der Waals surface area contributed by atoms with Crippen molar-refractivity contribution in [3.05, 3.63) is 32.7 Å². The number of esters is 3. The highest BCUT2D eigenvalue weighted by molar-refractivity contribution is 6.02. The minimum absolute atomic E-state index is 0.0189. The minimum Gasteiger partial charge on any atom is -0.466 e. The fourth-order valence-electron chi connectivity index (χ4n) is 2.55. The van der Waals surface area contributed by atoms with E-state index in [0.717, 1.165) is 6.92 Å². The number of carbonyl (C=O) groups excluding carboxylic acids is 4. The van der Waals surface area contributed by atoms with Gasteiger partial charge in [-0.15, -0.1) is 0 Å². The number of rotatable bonds is 9. The molecule has 9 heteroatoms. The highest BCUT2D eigenvalue weighted by Crippen LogP contribution is 2.19. The zero-order valence-corrected chi connectivity index (χ0v) is 15.8. The van der Waals surface area contributed by atoms with E-state index in [0.29, 0.717) is 0 Å². The van der Waals surface area contributed by atoms with Crippen LogP contribution in [0.3, 0.4) is 0 Å². The Bertz CT molecular complexity index is 793. The molecule has 1 rings (SSSR count). The summed E-state index contributed by atoms with van der Waals surface area (Å²) >= 11 is 0. The Kier molecular flexibility index (Phi) is 8.37. The van der Waals surface area contributed by atoms with Crippen LogP contribution in [0.5, 0.6) is 0 Å². The summed E-state index contributed by atoms with van der Waals surface area (Å²) in [6, 6.07) is 0. The molecule has 148 valence electrons. The monoisotopic (exact) mass is 381 g/mol. The van der Waals surface area contributed by atoms with Gasteiger partial charge in [-0.1, -0.05) is 0 Å². The van der Waals surface area contributed by atoms with E-state index in [1.54, 1.807) is 20.8 Å². The predicted octanol–water partition coefficient (Wildman–Crippen LogP) is 0.965. The Balaban J connectivity index is 3.68. The number of aromatic nitrogens is 1. The molecule has 0 spiro atoms. The van der Waals surface area contributed by atoms with Crippen molar-refractivity contribution < 1.29 is 33.4 Å². The van der Waals surface area contributed by atoms with E-state index >= 15 is 0 Å². The van der Waals surface area contributed by atoms with Gasteiger partial charge in [-0.2, -0.15) is 0 Å². The van der Waals surface area contributed by atoms with Gasteiger partial charge in [0.2, 0.25) is 0 Å². The molecule has 0 saturated heterocycles. The zero-order chi connectivity index (χ0) is 20.6. The van der Waals surface area contributed by atoms with Crippen molar-refractivity contribution in [1.29, 1.82) is 0 Å². The molecule has 9 nitrogen and oxygen atoms in total. The lowest BCUT2D eigenvalue weighted by molar-refractivity contribution is -0.143. The van der Waals surface area contributed by atoms with Gasteiger partial charge in [-0.25, -0.2) is 4.79 Å². The van der Waals surface area contributed by atoms with Crippen molar-refractivity contribution in [2.24, 2.45) is 0 Å². The number of hydrogen-bond acceptors (Lipinski definition) is 8. The largest absolute Gasteiger partial charge is 0.466 e. The average Bonchev–Trinajstić information content (AvgIpc) is 2.54. The summed E-state index contributed by atoms with van der Waals surface area (Å²) in [6.07, 6.45) is -0.915. The van der Waals surface area contributed by atoms with E-state index in [2.05, 4.69) is 4.98 Å². The minimum atomic E-state index is -0.866. The lowest BCUT2D eigenvalue weighted by Crippen LogP contribution is -2.29. The molecular weight excluding hydrogens is 358 g/mol. The number of Topliss-reactive ketones (excluding diaryl/α,β-unsaturated/α-hetero) is 1. The topological polar surface area (TPSA) is 129 Å². The molecule has 1 heterocycles. The summed E-state index contributed by atoms with van der Waals surface area (Å²) in [7, 11) is 0. The Morgan fingerprint density at radius 3 is 1.81 bits per heavy atom. The molecule has 0 saturated carbocycles. The standard InChI is InChI=1S/C18H23NO8/c1-5-25-13(21)8-11-15(10(4)20)17(23)19-12(9-14(22)26-6-2)16(11)18(24)27-7-3/h5-9H2,1-4H3,(H,19,23). The van der Waals surface area contributed by atoms with Crippen LogP contribution in [0.15, 0.2) is 4.79 Å². The van der Waals surface area contributed by atoms with Gasteiger partial charge < -0.3 is 19.2 Å². The lowest BCUT2D eigenvalue weighted by Gasteiger charge is -2.16. The first-order valence-electron chi connectivity index (χ1n) is 8.53. The Morgan fingerprint density at radius 1 is 0.815 bits per heavy atom. The second-order valence-corrected chi connectivity index (χ2v) is 5.40. The maximum atomic E-state index is 12.5. The maximum Gasteiger partial charge on any atom is 0.340 e. The second kappa shape index (κ2) is 10.2. The summed E-state index contributed by atoms with van der Waals surface area (Å²) in [5, 5.41) is 0. The van der Waals surface area contributed by atoms with Crippen LogP contribution in [0.25, 0.3) is 0 Å². The van der Waals surface area contributed by atoms with Crippen molar-refractivity contribution in [3.8, 4) is 0 Å². The van der Waals surface area contributed by atoms with E-state index in [9.17, 15) is 24.0 Å². The van der Waals surface area contributed by atoms with Crippen LogP contribution in [-0.4, -0.2) is 48.5 Å². The lowest BCUT2D eigenvalue weighted by atomic mass is 9.95. The zero-order valence-electron chi connectivity index (χ0n) is 15.8. The molecule has 1 N–H and O–H groups in total. The van der Waals surface area contributed by atoms with Gasteiger partial charge in [0.1, 0.15) is 0 Å². The van der Waals surface area contributed by atoms with Crippen molar-refractivity contribution in [2.75, 3.05) is 19.8 Å². The van der Waals surface area contributed by atoms with E-state index in [1.807, 2.05) is 0 Å². The Hall–Kier alpha value is -2.97. The molecule has 0 aliphatic heterocycles. The normalized spacial score (nSPS) is 10.2.